The molecule has 0 aliphatic carbocycles. The van der Waals surface area contributed by atoms with Crippen molar-refractivity contribution in [1.82, 2.24) is 4.90 Å². The molecule has 0 spiro atoms. The molecule has 15 heavy (non-hydrogen) atoms. The second-order valence-electron chi connectivity index (χ2n) is 4.80. The Labute approximate surface area is 89.2 Å². The number of rotatable bonds is 0. The van der Waals surface area contributed by atoms with Crippen molar-refractivity contribution in [2.24, 2.45) is 0 Å². The molecule has 0 aromatic rings. The fourth-order valence-corrected chi connectivity index (χ4v) is 1.37. The zero-order valence-corrected chi connectivity index (χ0v) is 9.28. The van der Waals surface area contributed by atoms with Gasteiger partial charge in [0, 0.05) is 13.0 Å². The molecule has 1 N–H and O–H groups in total. The van der Waals surface area contributed by atoms with E-state index in [0.29, 0.717) is 6.54 Å². The molecule has 0 bridgehead atoms. The van der Waals surface area contributed by atoms with E-state index in [0.717, 1.165) is 0 Å². The van der Waals surface area contributed by atoms with Crippen molar-refractivity contribution in [2.45, 2.75) is 38.4 Å². The molecule has 1 heterocycles. The number of likely N-dealkylation sites (tertiary alicyclic amines) is 1. The molecule has 5 heteroatoms. The van der Waals surface area contributed by atoms with Crippen LogP contribution in [0.2, 0.25) is 0 Å². The standard InChI is InChI=1S/C10H16N2O3/c1-9(2,3)15-8(13)12-5-4-10(14,6-11)7-12/h14H,4-5,7H2,1-3H3/t10-/m0/s1. The predicted molar refractivity (Wildman–Crippen MR) is 53.0 cm³/mol. The number of hydrogen-bond acceptors (Lipinski definition) is 4. The Hall–Kier alpha value is -1.28. The largest absolute Gasteiger partial charge is 0.444 e. The van der Waals surface area contributed by atoms with Crippen LogP contribution in [0.15, 0.2) is 0 Å². The minimum absolute atomic E-state index is 0.0262. The fraction of sp³-hybridized carbons (Fsp3) is 0.800. The number of ether oxygens (including phenoxy) is 1. The Morgan fingerprint density at radius 3 is 2.60 bits per heavy atom. The summed E-state index contributed by atoms with van der Waals surface area (Å²) >= 11 is 0. The molecule has 0 aromatic heterocycles. The molecular formula is C10H16N2O3. The molecule has 1 saturated heterocycles. The summed E-state index contributed by atoms with van der Waals surface area (Å²) < 4.78 is 5.13. The van der Waals surface area contributed by atoms with E-state index in [-0.39, 0.29) is 13.0 Å². The van der Waals surface area contributed by atoms with E-state index in [1.807, 2.05) is 0 Å². The Kier molecular flexibility index (Phi) is 2.91. The summed E-state index contributed by atoms with van der Waals surface area (Å²) in [6.07, 6.45) is -0.198. The number of carbonyl (C=O) groups excluding carboxylic acids is 1. The van der Waals surface area contributed by atoms with Gasteiger partial charge in [0.05, 0.1) is 12.6 Å². The molecule has 0 saturated carbocycles. The van der Waals surface area contributed by atoms with Crippen LogP contribution < -0.4 is 0 Å². The lowest BCUT2D eigenvalue weighted by Gasteiger charge is -2.24. The lowest BCUT2D eigenvalue weighted by atomic mass is 10.1. The van der Waals surface area contributed by atoms with Gasteiger partial charge in [0.15, 0.2) is 5.60 Å². The van der Waals surface area contributed by atoms with Crippen LogP contribution in [0.4, 0.5) is 4.79 Å². The van der Waals surface area contributed by atoms with Crippen LogP contribution in [0.25, 0.3) is 0 Å². The maximum Gasteiger partial charge on any atom is 0.410 e. The zero-order valence-electron chi connectivity index (χ0n) is 9.28. The van der Waals surface area contributed by atoms with E-state index in [1.54, 1.807) is 26.8 Å². The van der Waals surface area contributed by atoms with Crippen LogP contribution in [0, 0.1) is 11.3 Å². The highest BCUT2D eigenvalue weighted by atomic mass is 16.6. The predicted octanol–water partition coefficient (Wildman–Crippen LogP) is 0.882. The summed E-state index contributed by atoms with van der Waals surface area (Å²) in [5, 5.41) is 18.3. The van der Waals surface area contributed by atoms with Crippen LogP contribution >= 0.6 is 0 Å². The van der Waals surface area contributed by atoms with E-state index < -0.39 is 17.3 Å². The second kappa shape index (κ2) is 3.70. The number of hydrogen-bond donors (Lipinski definition) is 1. The van der Waals surface area contributed by atoms with Crippen molar-refractivity contribution in [1.29, 1.82) is 5.26 Å². The first-order valence-electron chi connectivity index (χ1n) is 4.87. The number of aliphatic hydroxyl groups is 1. The van der Waals surface area contributed by atoms with Crippen LogP contribution in [0.5, 0.6) is 0 Å². The van der Waals surface area contributed by atoms with Gasteiger partial charge in [-0.15, -0.1) is 0 Å². The summed E-state index contributed by atoms with van der Waals surface area (Å²) in [6.45, 7) is 5.71. The Morgan fingerprint density at radius 2 is 2.20 bits per heavy atom. The molecule has 1 atom stereocenters. The van der Waals surface area contributed by atoms with Gasteiger partial charge in [-0.05, 0) is 20.8 Å². The van der Waals surface area contributed by atoms with Crippen molar-refractivity contribution in [2.75, 3.05) is 13.1 Å². The summed E-state index contributed by atoms with van der Waals surface area (Å²) in [7, 11) is 0. The number of nitrogens with zero attached hydrogens (tertiary/aromatic N) is 2. The summed E-state index contributed by atoms with van der Waals surface area (Å²) in [5.41, 5.74) is -1.96. The van der Waals surface area contributed by atoms with Gasteiger partial charge in [0.2, 0.25) is 0 Å². The van der Waals surface area contributed by atoms with Gasteiger partial charge in [-0.3, -0.25) is 0 Å². The molecule has 0 unspecified atom stereocenters. The topological polar surface area (TPSA) is 73.6 Å². The Balaban J connectivity index is 2.56. The maximum absolute atomic E-state index is 11.5. The van der Waals surface area contributed by atoms with Crippen molar-refractivity contribution >= 4 is 6.09 Å². The van der Waals surface area contributed by atoms with Gasteiger partial charge in [-0.1, -0.05) is 0 Å². The average molecular weight is 212 g/mol. The normalized spacial score (nSPS) is 26.2. The fourth-order valence-electron chi connectivity index (χ4n) is 1.37. The summed E-state index contributed by atoms with van der Waals surface area (Å²) in [4.78, 5) is 12.9. The highest BCUT2D eigenvalue weighted by Gasteiger charge is 2.39. The SMILES string of the molecule is CC(C)(C)OC(=O)N1CC[C@](O)(C#N)C1. The monoisotopic (exact) mass is 212 g/mol. The van der Waals surface area contributed by atoms with Gasteiger partial charge >= 0.3 is 6.09 Å². The smallest absolute Gasteiger partial charge is 0.410 e. The van der Waals surface area contributed by atoms with E-state index in [4.69, 9.17) is 10.00 Å². The van der Waals surface area contributed by atoms with Gasteiger partial charge in [-0.25, -0.2) is 4.79 Å². The van der Waals surface area contributed by atoms with Gasteiger partial charge in [0.25, 0.3) is 0 Å². The zero-order chi connectivity index (χ0) is 11.7. The third-order valence-electron chi connectivity index (χ3n) is 2.11. The number of nitriles is 1. The second-order valence-corrected chi connectivity index (χ2v) is 4.80. The van der Waals surface area contributed by atoms with Crippen LogP contribution in [-0.4, -0.2) is 40.4 Å². The maximum atomic E-state index is 11.5. The lowest BCUT2D eigenvalue weighted by Crippen LogP contribution is -2.38. The highest BCUT2D eigenvalue weighted by molar-refractivity contribution is 5.68. The minimum atomic E-state index is -1.41. The van der Waals surface area contributed by atoms with Crippen molar-refractivity contribution in [3.8, 4) is 6.07 Å². The minimum Gasteiger partial charge on any atom is -0.444 e. The van der Waals surface area contributed by atoms with E-state index in [2.05, 4.69) is 0 Å². The Bertz CT molecular complexity index is 303. The van der Waals surface area contributed by atoms with E-state index >= 15 is 0 Å². The molecule has 0 radical (unpaired) electrons. The molecule has 1 rings (SSSR count). The third-order valence-corrected chi connectivity index (χ3v) is 2.11. The van der Waals surface area contributed by atoms with Crippen molar-refractivity contribution in [3.63, 3.8) is 0 Å². The van der Waals surface area contributed by atoms with E-state index in [9.17, 15) is 9.90 Å². The third kappa shape index (κ3) is 3.10. The van der Waals surface area contributed by atoms with Crippen LogP contribution in [0.1, 0.15) is 27.2 Å². The molecular weight excluding hydrogens is 196 g/mol. The lowest BCUT2D eigenvalue weighted by molar-refractivity contribution is 0.0237. The molecule has 1 fully saturated rings. The first-order chi connectivity index (χ1) is 6.76. The highest BCUT2D eigenvalue weighted by Crippen LogP contribution is 2.22. The number of β-amino-alcohol motifs (C(OH)–C–C–N with tert-alkyl or cyclic N) is 1. The summed E-state index contributed by atoms with van der Waals surface area (Å²) in [6, 6.07) is 1.79. The quantitative estimate of drug-likeness (QED) is 0.605. The van der Waals surface area contributed by atoms with Crippen LogP contribution in [-0.2, 0) is 4.74 Å². The Morgan fingerprint density at radius 1 is 1.60 bits per heavy atom. The number of carbonyl (C=O) groups is 1. The number of amides is 1. The van der Waals surface area contributed by atoms with Crippen LogP contribution in [0.3, 0.4) is 0 Å². The van der Waals surface area contributed by atoms with Crippen molar-refractivity contribution in [3.05, 3.63) is 0 Å². The molecule has 1 aliphatic rings. The molecule has 1 amide bonds. The molecule has 5 nitrogen and oxygen atoms in total. The van der Waals surface area contributed by atoms with Crippen molar-refractivity contribution < 1.29 is 14.6 Å². The first-order valence-corrected chi connectivity index (χ1v) is 4.87. The molecule has 84 valence electrons. The van der Waals surface area contributed by atoms with Gasteiger partial charge in [-0.2, -0.15) is 5.26 Å². The molecule has 0 aromatic carbocycles. The first kappa shape index (κ1) is 11.8. The van der Waals surface area contributed by atoms with Gasteiger partial charge in [0.1, 0.15) is 5.60 Å². The summed E-state index contributed by atoms with van der Waals surface area (Å²) in [5.74, 6) is 0. The average Bonchev–Trinajstić information content (AvgIpc) is 2.46. The van der Waals surface area contributed by atoms with Gasteiger partial charge < -0.3 is 14.7 Å². The molecule has 1 aliphatic heterocycles. The van der Waals surface area contributed by atoms with E-state index in [1.165, 1.54) is 4.90 Å².